The Balaban J connectivity index is 1.70. The predicted octanol–water partition coefficient (Wildman–Crippen LogP) is 4.44. The summed E-state index contributed by atoms with van der Waals surface area (Å²) in [6.07, 6.45) is 0.603. The van der Waals surface area contributed by atoms with Gasteiger partial charge in [0.15, 0.2) is 5.13 Å². The van der Waals surface area contributed by atoms with Crippen molar-refractivity contribution in [3.05, 3.63) is 66.7 Å². The first-order valence-corrected chi connectivity index (χ1v) is 12.1. The van der Waals surface area contributed by atoms with Gasteiger partial charge in [0.1, 0.15) is 0 Å². The van der Waals surface area contributed by atoms with E-state index in [1.54, 1.807) is 6.07 Å². The van der Waals surface area contributed by atoms with E-state index in [4.69, 9.17) is 16.3 Å². The lowest BCUT2D eigenvalue weighted by atomic mass is 10.1. The molecule has 184 valence electrons. The van der Waals surface area contributed by atoms with Gasteiger partial charge in [0.05, 0.1) is 49.9 Å². The third-order valence-corrected chi connectivity index (χ3v) is 7.23. The zero-order valence-electron chi connectivity index (χ0n) is 18.8. The minimum Gasteiger partial charge on any atom is -0.379 e. The van der Waals surface area contributed by atoms with Gasteiger partial charge < -0.3 is 4.74 Å². The van der Waals surface area contributed by atoms with Crippen LogP contribution in [0.5, 0.6) is 0 Å². The molecular formula is C22H22ClN5O6S. The highest BCUT2D eigenvalue weighted by atomic mass is 35.5. The van der Waals surface area contributed by atoms with Gasteiger partial charge in [-0.1, -0.05) is 29.0 Å². The standard InChI is InChI=1S/C22H22ClN5O6S/c1-14-3-4-18(23)20-19(14)24-22(35-20)26(6-2-5-25-7-9-34-10-8-25)21(29)15-11-16(27(30)31)13-17(12-15)28(32)33/h3-4,11-13H,2,5-10H2,1H3. The number of nitrogens with zero attached hydrogens (tertiary/aromatic N) is 5. The van der Waals surface area contributed by atoms with Crippen molar-refractivity contribution in [1.82, 2.24) is 9.88 Å². The number of hydrogen-bond acceptors (Lipinski definition) is 9. The van der Waals surface area contributed by atoms with Crippen molar-refractivity contribution < 1.29 is 19.4 Å². The third kappa shape index (κ3) is 5.56. The summed E-state index contributed by atoms with van der Waals surface area (Å²) in [4.78, 5) is 43.1. The highest BCUT2D eigenvalue weighted by Gasteiger charge is 2.27. The van der Waals surface area contributed by atoms with E-state index in [2.05, 4.69) is 9.88 Å². The van der Waals surface area contributed by atoms with E-state index in [0.717, 1.165) is 41.6 Å². The van der Waals surface area contributed by atoms with Crippen LogP contribution in [0.2, 0.25) is 5.02 Å². The number of morpholine rings is 1. The van der Waals surface area contributed by atoms with Crippen LogP contribution < -0.4 is 4.90 Å². The highest BCUT2D eigenvalue weighted by molar-refractivity contribution is 7.23. The first kappa shape index (κ1) is 24.9. The Bertz CT molecular complexity index is 1220. The average Bonchev–Trinajstić information content (AvgIpc) is 3.30. The first-order valence-electron chi connectivity index (χ1n) is 10.9. The van der Waals surface area contributed by atoms with Gasteiger partial charge in [0.25, 0.3) is 17.3 Å². The van der Waals surface area contributed by atoms with Crippen molar-refractivity contribution in [2.24, 2.45) is 0 Å². The Morgan fingerprint density at radius 3 is 2.43 bits per heavy atom. The zero-order valence-corrected chi connectivity index (χ0v) is 20.4. The number of hydrogen-bond donors (Lipinski definition) is 0. The number of nitro benzene ring substituents is 2. The summed E-state index contributed by atoms with van der Waals surface area (Å²) in [5.41, 5.74) is 0.337. The topological polar surface area (TPSA) is 132 Å². The summed E-state index contributed by atoms with van der Waals surface area (Å²) < 4.78 is 6.09. The third-order valence-electron chi connectivity index (χ3n) is 5.69. The summed E-state index contributed by atoms with van der Waals surface area (Å²) in [6, 6.07) is 6.53. The minimum absolute atomic E-state index is 0.153. The number of aryl methyl sites for hydroxylation is 1. The molecule has 1 aliphatic rings. The molecule has 0 N–H and O–H groups in total. The van der Waals surface area contributed by atoms with Crippen molar-refractivity contribution in [3.63, 3.8) is 0 Å². The van der Waals surface area contributed by atoms with Gasteiger partial charge in [-0.25, -0.2) is 4.98 Å². The van der Waals surface area contributed by atoms with Crippen LogP contribution in [0.3, 0.4) is 0 Å². The van der Waals surface area contributed by atoms with Crippen LogP contribution in [0, 0.1) is 27.2 Å². The number of anilines is 1. The Labute approximate surface area is 209 Å². The second-order valence-corrected chi connectivity index (χ2v) is 9.44. The molecule has 0 bridgehead atoms. The van der Waals surface area contributed by atoms with Gasteiger partial charge in [-0.2, -0.15) is 0 Å². The maximum atomic E-state index is 13.6. The SMILES string of the molecule is Cc1ccc(Cl)c2sc(N(CCCN3CCOCC3)C(=O)c3cc([N+](=O)[O-])cc([N+](=O)[O-])c3)nc12. The molecule has 0 atom stereocenters. The van der Waals surface area contributed by atoms with Crippen LogP contribution in [0.1, 0.15) is 22.3 Å². The molecule has 1 fully saturated rings. The molecule has 0 saturated carbocycles. The van der Waals surface area contributed by atoms with Crippen LogP contribution in [-0.2, 0) is 4.74 Å². The van der Waals surface area contributed by atoms with E-state index in [-0.39, 0.29) is 12.1 Å². The largest absolute Gasteiger partial charge is 0.379 e. The molecule has 0 aliphatic carbocycles. The maximum absolute atomic E-state index is 13.6. The van der Waals surface area contributed by atoms with Crippen LogP contribution in [0.15, 0.2) is 30.3 Å². The maximum Gasteiger partial charge on any atom is 0.277 e. The summed E-state index contributed by atoms with van der Waals surface area (Å²) in [6.45, 7) is 5.75. The number of carbonyl (C=O) groups excluding carboxylic acids is 1. The van der Waals surface area contributed by atoms with Crippen molar-refractivity contribution in [1.29, 1.82) is 0 Å². The molecule has 0 radical (unpaired) electrons. The summed E-state index contributed by atoms with van der Waals surface area (Å²) in [5.74, 6) is -0.605. The number of thiazole rings is 1. The molecule has 0 spiro atoms. The molecule has 1 saturated heterocycles. The van der Waals surface area contributed by atoms with Gasteiger partial charge >= 0.3 is 0 Å². The zero-order chi connectivity index (χ0) is 25.1. The van der Waals surface area contributed by atoms with E-state index >= 15 is 0 Å². The summed E-state index contributed by atoms with van der Waals surface area (Å²) in [7, 11) is 0. The molecule has 1 aliphatic heterocycles. The molecule has 0 unspecified atom stereocenters. The highest BCUT2D eigenvalue weighted by Crippen LogP contribution is 2.36. The number of non-ortho nitro benzene ring substituents is 2. The number of carbonyl (C=O) groups is 1. The Hall–Kier alpha value is -3.19. The molecular weight excluding hydrogens is 498 g/mol. The van der Waals surface area contributed by atoms with Gasteiger partial charge in [0, 0.05) is 38.3 Å². The Kier molecular flexibility index (Phi) is 7.55. The van der Waals surface area contributed by atoms with Crippen LogP contribution in [-0.4, -0.2) is 65.0 Å². The second kappa shape index (κ2) is 10.6. The number of halogens is 1. The lowest BCUT2D eigenvalue weighted by molar-refractivity contribution is -0.394. The van der Waals surface area contributed by atoms with E-state index in [9.17, 15) is 25.0 Å². The lowest BCUT2D eigenvalue weighted by Gasteiger charge is -2.27. The monoisotopic (exact) mass is 519 g/mol. The van der Waals surface area contributed by atoms with E-state index in [1.165, 1.54) is 16.2 Å². The van der Waals surface area contributed by atoms with Crippen molar-refractivity contribution in [2.45, 2.75) is 13.3 Å². The second-order valence-electron chi connectivity index (χ2n) is 8.06. The van der Waals surface area contributed by atoms with Crippen LogP contribution >= 0.6 is 22.9 Å². The molecule has 2 aromatic carbocycles. The number of amides is 1. The summed E-state index contributed by atoms with van der Waals surface area (Å²) >= 11 is 7.60. The van der Waals surface area contributed by atoms with Gasteiger partial charge in [-0.05, 0) is 25.0 Å². The number of nitro groups is 2. The normalized spacial score (nSPS) is 14.2. The average molecular weight is 520 g/mol. The van der Waals surface area contributed by atoms with Gasteiger partial charge in [0.2, 0.25) is 0 Å². The van der Waals surface area contributed by atoms with E-state index < -0.39 is 27.1 Å². The fourth-order valence-corrected chi connectivity index (χ4v) is 5.19. The fraction of sp³-hybridized carbons (Fsp3) is 0.364. The van der Waals surface area contributed by atoms with Crippen molar-refractivity contribution in [3.8, 4) is 0 Å². The minimum atomic E-state index is -0.757. The molecule has 35 heavy (non-hydrogen) atoms. The molecule has 11 nitrogen and oxygen atoms in total. The number of fused-ring (bicyclic) bond motifs is 1. The van der Waals surface area contributed by atoms with E-state index in [1.807, 2.05) is 13.0 Å². The number of rotatable bonds is 8. The molecule has 3 aromatic rings. The van der Waals surface area contributed by atoms with Crippen molar-refractivity contribution in [2.75, 3.05) is 44.3 Å². The van der Waals surface area contributed by atoms with Crippen LogP contribution in [0.4, 0.5) is 16.5 Å². The summed E-state index contributed by atoms with van der Waals surface area (Å²) in [5, 5.41) is 23.6. The molecule has 4 rings (SSSR count). The Morgan fingerprint density at radius 1 is 1.17 bits per heavy atom. The van der Waals surface area contributed by atoms with E-state index in [0.29, 0.717) is 41.9 Å². The quantitative estimate of drug-likeness (QED) is 0.315. The smallest absolute Gasteiger partial charge is 0.277 e. The fourth-order valence-electron chi connectivity index (χ4n) is 3.85. The number of benzene rings is 2. The number of aromatic nitrogens is 1. The Morgan fingerprint density at radius 2 is 1.83 bits per heavy atom. The lowest BCUT2D eigenvalue weighted by Crippen LogP contribution is -2.39. The van der Waals surface area contributed by atoms with Crippen molar-refractivity contribution >= 4 is 55.6 Å². The molecule has 2 heterocycles. The molecule has 1 amide bonds. The molecule has 13 heteroatoms. The molecule has 1 aromatic heterocycles. The number of ether oxygens (including phenoxy) is 1. The van der Waals surface area contributed by atoms with Gasteiger partial charge in [-0.3, -0.25) is 34.8 Å². The first-order chi connectivity index (χ1) is 16.7. The van der Waals surface area contributed by atoms with Crippen LogP contribution in [0.25, 0.3) is 10.2 Å². The predicted molar refractivity (Wildman–Crippen MR) is 133 cm³/mol. The van der Waals surface area contributed by atoms with Gasteiger partial charge in [-0.15, -0.1) is 0 Å².